The van der Waals surface area contributed by atoms with Gasteiger partial charge in [-0.3, -0.25) is 4.57 Å². The van der Waals surface area contributed by atoms with Crippen molar-refractivity contribution in [3.8, 4) is 0 Å². The van der Waals surface area contributed by atoms with Crippen LogP contribution in [0.4, 0.5) is 0 Å². The van der Waals surface area contributed by atoms with Gasteiger partial charge in [0, 0.05) is 25.5 Å². The minimum atomic E-state index is -2.86. The zero-order valence-electron chi connectivity index (χ0n) is 9.51. The molecule has 1 aliphatic heterocycles. The molecule has 94 valence electrons. The minimum Gasteiger partial charge on any atom is -0.301 e. The predicted octanol–water partition coefficient (Wildman–Crippen LogP) is 2.46. The van der Waals surface area contributed by atoms with Crippen LogP contribution >= 0.6 is 19.3 Å². The summed E-state index contributed by atoms with van der Waals surface area (Å²) in [4.78, 5) is 0. The Kier molecular flexibility index (Phi) is 4.60. The zero-order chi connectivity index (χ0) is 12.1. The standard InChI is InChI=1S/C11H16ClN2O2P/c12-6-7-13-17(15,14-8-9-14)16-10-11-4-2-1-3-5-11/h1-5H,6-10H2,(H,13,15). The van der Waals surface area contributed by atoms with Crippen LogP contribution in [-0.4, -0.2) is 30.2 Å². The summed E-state index contributed by atoms with van der Waals surface area (Å²) in [6, 6.07) is 9.72. The highest BCUT2D eigenvalue weighted by molar-refractivity contribution is 7.54. The van der Waals surface area contributed by atoms with Crippen molar-refractivity contribution in [2.24, 2.45) is 0 Å². The summed E-state index contributed by atoms with van der Waals surface area (Å²) in [7, 11) is -2.86. The van der Waals surface area contributed by atoms with Crippen molar-refractivity contribution in [2.45, 2.75) is 6.61 Å². The van der Waals surface area contributed by atoms with Crippen molar-refractivity contribution in [3.63, 3.8) is 0 Å². The molecular weight excluding hydrogens is 259 g/mol. The first-order chi connectivity index (χ1) is 8.24. The normalized spacial score (nSPS) is 18.9. The van der Waals surface area contributed by atoms with E-state index >= 15 is 0 Å². The molecular formula is C11H16ClN2O2P. The Morgan fingerprint density at radius 2 is 2.06 bits per heavy atom. The first-order valence-corrected chi connectivity index (χ1v) is 7.71. The first-order valence-electron chi connectivity index (χ1n) is 5.59. The van der Waals surface area contributed by atoms with Gasteiger partial charge in [-0.15, -0.1) is 11.6 Å². The highest BCUT2D eigenvalue weighted by Gasteiger charge is 2.39. The van der Waals surface area contributed by atoms with Crippen LogP contribution in [-0.2, 0) is 15.7 Å². The van der Waals surface area contributed by atoms with Crippen molar-refractivity contribution in [1.82, 2.24) is 9.76 Å². The number of hydrogen-bond acceptors (Lipinski definition) is 2. The third kappa shape index (κ3) is 3.80. The second-order valence-electron chi connectivity index (χ2n) is 3.83. The lowest BCUT2D eigenvalue weighted by molar-refractivity contribution is 0.276. The van der Waals surface area contributed by atoms with Crippen LogP contribution in [0.25, 0.3) is 0 Å². The molecule has 1 aromatic rings. The second kappa shape index (κ2) is 5.98. The summed E-state index contributed by atoms with van der Waals surface area (Å²) < 4.78 is 19.8. The molecule has 1 aromatic carbocycles. The summed E-state index contributed by atoms with van der Waals surface area (Å²) in [5, 5.41) is 2.91. The molecule has 0 spiro atoms. The van der Waals surface area contributed by atoms with Crippen LogP contribution in [0.1, 0.15) is 5.56 Å². The van der Waals surface area contributed by atoms with Gasteiger partial charge in [-0.1, -0.05) is 30.3 Å². The fraction of sp³-hybridized carbons (Fsp3) is 0.455. The molecule has 1 aliphatic rings. The van der Waals surface area contributed by atoms with Gasteiger partial charge in [0.1, 0.15) is 0 Å². The van der Waals surface area contributed by atoms with E-state index in [1.165, 1.54) is 0 Å². The van der Waals surface area contributed by atoms with Crippen molar-refractivity contribution in [1.29, 1.82) is 0 Å². The van der Waals surface area contributed by atoms with Crippen LogP contribution in [0.5, 0.6) is 0 Å². The monoisotopic (exact) mass is 274 g/mol. The van der Waals surface area contributed by atoms with E-state index in [4.69, 9.17) is 16.1 Å². The maximum absolute atomic E-state index is 12.4. The Morgan fingerprint density at radius 1 is 1.35 bits per heavy atom. The van der Waals surface area contributed by atoms with Gasteiger partial charge in [-0.05, 0) is 5.56 Å². The zero-order valence-corrected chi connectivity index (χ0v) is 11.2. The summed E-state index contributed by atoms with van der Waals surface area (Å²) in [5.74, 6) is 0.423. The molecule has 1 fully saturated rings. The van der Waals surface area contributed by atoms with Gasteiger partial charge >= 0.3 is 7.67 Å². The van der Waals surface area contributed by atoms with E-state index < -0.39 is 7.67 Å². The van der Waals surface area contributed by atoms with Gasteiger partial charge in [-0.2, -0.15) is 0 Å². The molecule has 0 saturated carbocycles. The lowest BCUT2D eigenvalue weighted by Crippen LogP contribution is -2.19. The van der Waals surface area contributed by atoms with Crippen molar-refractivity contribution in [2.75, 3.05) is 25.5 Å². The summed E-state index contributed by atoms with van der Waals surface area (Å²) in [6.07, 6.45) is 0. The van der Waals surface area contributed by atoms with Crippen LogP contribution in [0.3, 0.4) is 0 Å². The maximum Gasteiger partial charge on any atom is 0.343 e. The van der Waals surface area contributed by atoms with Crippen molar-refractivity contribution < 1.29 is 9.09 Å². The third-order valence-corrected chi connectivity index (χ3v) is 4.89. The maximum atomic E-state index is 12.4. The molecule has 0 aromatic heterocycles. The molecule has 0 bridgehead atoms. The highest BCUT2D eigenvalue weighted by atomic mass is 35.5. The molecule has 4 nitrogen and oxygen atoms in total. The van der Waals surface area contributed by atoms with Gasteiger partial charge < -0.3 is 4.52 Å². The van der Waals surface area contributed by atoms with Gasteiger partial charge in [-0.25, -0.2) is 9.76 Å². The first kappa shape index (κ1) is 13.1. The molecule has 1 unspecified atom stereocenters. The number of nitrogens with zero attached hydrogens (tertiary/aromatic N) is 1. The Balaban J connectivity index is 1.92. The number of nitrogens with one attached hydrogen (secondary N) is 1. The Morgan fingerprint density at radius 3 is 2.65 bits per heavy atom. The highest BCUT2D eigenvalue weighted by Crippen LogP contribution is 2.51. The summed E-state index contributed by atoms with van der Waals surface area (Å²) in [5.41, 5.74) is 1.02. The van der Waals surface area contributed by atoms with Crippen molar-refractivity contribution in [3.05, 3.63) is 35.9 Å². The predicted molar refractivity (Wildman–Crippen MR) is 69.1 cm³/mol. The average molecular weight is 275 g/mol. The smallest absolute Gasteiger partial charge is 0.301 e. The fourth-order valence-corrected chi connectivity index (χ4v) is 3.47. The number of hydrogen-bond donors (Lipinski definition) is 1. The second-order valence-corrected chi connectivity index (χ2v) is 6.39. The fourth-order valence-electron chi connectivity index (χ4n) is 1.46. The summed E-state index contributed by atoms with van der Waals surface area (Å²) >= 11 is 5.59. The van der Waals surface area contributed by atoms with E-state index in [-0.39, 0.29) is 0 Å². The number of alkyl halides is 1. The molecule has 6 heteroatoms. The van der Waals surface area contributed by atoms with Crippen molar-refractivity contribution >= 4 is 19.3 Å². The Labute approximate surface area is 106 Å². The number of rotatable bonds is 7. The van der Waals surface area contributed by atoms with Crippen LogP contribution in [0, 0.1) is 0 Å². The molecule has 0 radical (unpaired) electrons. The molecule has 0 aliphatic carbocycles. The lowest BCUT2D eigenvalue weighted by atomic mass is 10.2. The molecule has 17 heavy (non-hydrogen) atoms. The van der Waals surface area contributed by atoms with Gasteiger partial charge in [0.05, 0.1) is 6.61 Å². The molecule has 1 atom stereocenters. The molecule has 1 saturated heterocycles. The molecule has 1 heterocycles. The minimum absolute atomic E-state index is 0.351. The van der Waals surface area contributed by atoms with E-state index in [0.717, 1.165) is 18.7 Å². The summed E-state index contributed by atoms with van der Waals surface area (Å²) in [6.45, 7) is 2.48. The average Bonchev–Trinajstić information content (AvgIpc) is 3.20. The lowest BCUT2D eigenvalue weighted by Gasteiger charge is -2.19. The molecule has 0 amide bonds. The topological polar surface area (TPSA) is 41.3 Å². The number of halogens is 1. The quantitative estimate of drug-likeness (QED) is 0.471. The van der Waals surface area contributed by atoms with E-state index in [1.54, 1.807) is 0 Å². The van der Waals surface area contributed by atoms with Gasteiger partial charge in [0.15, 0.2) is 0 Å². The van der Waals surface area contributed by atoms with E-state index in [2.05, 4.69) is 5.09 Å². The van der Waals surface area contributed by atoms with Gasteiger partial charge in [0.25, 0.3) is 0 Å². The molecule has 2 rings (SSSR count). The molecule has 1 N–H and O–H groups in total. The van der Waals surface area contributed by atoms with E-state index in [9.17, 15) is 4.57 Å². The largest absolute Gasteiger partial charge is 0.343 e. The van der Waals surface area contributed by atoms with Gasteiger partial charge in [0.2, 0.25) is 0 Å². The van der Waals surface area contributed by atoms with Crippen LogP contribution < -0.4 is 5.09 Å². The number of benzene rings is 1. The Bertz CT molecular complexity index is 398. The van der Waals surface area contributed by atoms with E-state index in [1.807, 2.05) is 35.0 Å². The van der Waals surface area contributed by atoms with Crippen LogP contribution in [0.2, 0.25) is 0 Å². The van der Waals surface area contributed by atoms with Crippen LogP contribution in [0.15, 0.2) is 30.3 Å². The SMILES string of the molecule is O=P(NCCCl)(OCc1ccccc1)N1CC1. The third-order valence-electron chi connectivity index (χ3n) is 2.45. The Hall–Kier alpha value is -0.380. The van der Waals surface area contributed by atoms with E-state index in [0.29, 0.717) is 19.0 Å².